The molecule has 0 saturated carbocycles. The van der Waals surface area contributed by atoms with Crippen LogP contribution in [-0.2, 0) is 6.54 Å². The van der Waals surface area contributed by atoms with Crippen molar-refractivity contribution in [1.29, 1.82) is 0 Å². The maximum atomic E-state index is 9.44. The van der Waals surface area contributed by atoms with Gasteiger partial charge in [0.05, 0.1) is 11.8 Å². The van der Waals surface area contributed by atoms with Gasteiger partial charge in [0.1, 0.15) is 6.54 Å². The fourth-order valence-corrected chi connectivity index (χ4v) is 1.98. The summed E-state index contributed by atoms with van der Waals surface area (Å²) in [6, 6.07) is 8.92. The van der Waals surface area contributed by atoms with Crippen molar-refractivity contribution < 1.29 is 9.52 Å². The van der Waals surface area contributed by atoms with Gasteiger partial charge in [-0.15, -0.1) is 10.2 Å². The Balaban J connectivity index is 1.76. The van der Waals surface area contributed by atoms with Crippen molar-refractivity contribution in [2.45, 2.75) is 19.6 Å². The lowest BCUT2D eigenvalue weighted by Crippen LogP contribution is -2.02. The van der Waals surface area contributed by atoms with Crippen LogP contribution >= 0.6 is 11.6 Å². The number of aliphatic hydroxyl groups excluding tert-OH is 1. The molecule has 2 heterocycles. The molecule has 0 fully saturated rings. The van der Waals surface area contributed by atoms with Gasteiger partial charge in [-0.3, -0.25) is 4.68 Å². The van der Waals surface area contributed by atoms with Gasteiger partial charge in [-0.25, -0.2) is 0 Å². The van der Waals surface area contributed by atoms with Crippen LogP contribution in [0.1, 0.15) is 24.6 Å². The largest absolute Gasteiger partial charge is 0.419 e. The molecule has 21 heavy (non-hydrogen) atoms. The van der Waals surface area contributed by atoms with Crippen LogP contribution in [0.25, 0.3) is 11.5 Å². The van der Waals surface area contributed by atoms with Crippen molar-refractivity contribution in [1.82, 2.24) is 20.0 Å². The number of hydrogen-bond acceptors (Lipinski definition) is 5. The zero-order chi connectivity index (χ0) is 14.8. The molecule has 1 unspecified atom stereocenters. The number of benzene rings is 1. The highest BCUT2D eigenvalue weighted by Crippen LogP contribution is 2.20. The summed E-state index contributed by atoms with van der Waals surface area (Å²) in [4.78, 5) is 0. The van der Waals surface area contributed by atoms with E-state index in [1.54, 1.807) is 36.0 Å². The third-order valence-corrected chi connectivity index (χ3v) is 3.20. The van der Waals surface area contributed by atoms with Crippen LogP contribution in [0.4, 0.5) is 0 Å². The fraction of sp³-hybridized carbons (Fsp3) is 0.214. The molecule has 0 saturated heterocycles. The molecule has 1 N–H and O–H groups in total. The van der Waals surface area contributed by atoms with Crippen LogP contribution in [0, 0.1) is 0 Å². The zero-order valence-electron chi connectivity index (χ0n) is 11.3. The average molecular weight is 305 g/mol. The second-order valence-electron chi connectivity index (χ2n) is 4.62. The smallest absolute Gasteiger partial charge is 0.247 e. The molecule has 0 radical (unpaired) electrons. The Labute approximate surface area is 126 Å². The number of aliphatic hydroxyl groups is 1. The lowest BCUT2D eigenvalue weighted by Gasteiger charge is -1.98. The van der Waals surface area contributed by atoms with Crippen molar-refractivity contribution >= 4 is 11.6 Å². The molecule has 0 amide bonds. The van der Waals surface area contributed by atoms with Crippen molar-refractivity contribution in [3.63, 3.8) is 0 Å². The molecule has 1 atom stereocenters. The molecule has 2 aromatic heterocycles. The maximum absolute atomic E-state index is 9.44. The van der Waals surface area contributed by atoms with E-state index in [0.717, 1.165) is 5.56 Å². The lowest BCUT2D eigenvalue weighted by molar-refractivity contribution is 0.193. The first-order valence-electron chi connectivity index (χ1n) is 6.41. The van der Waals surface area contributed by atoms with Crippen LogP contribution in [0.15, 0.2) is 40.9 Å². The van der Waals surface area contributed by atoms with Crippen LogP contribution < -0.4 is 0 Å². The minimum absolute atomic E-state index is 0.354. The second-order valence-corrected chi connectivity index (χ2v) is 5.06. The van der Waals surface area contributed by atoms with Crippen molar-refractivity contribution in [3.05, 3.63) is 53.1 Å². The van der Waals surface area contributed by atoms with Crippen molar-refractivity contribution in [2.24, 2.45) is 0 Å². The number of nitrogens with zero attached hydrogens (tertiary/aromatic N) is 4. The molecule has 7 heteroatoms. The molecule has 3 aromatic rings. The highest BCUT2D eigenvalue weighted by atomic mass is 35.5. The van der Waals surface area contributed by atoms with E-state index in [9.17, 15) is 5.11 Å². The van der Waals surface area contributed by atoms with Crippen LogP contribution in [0.5, 0.6) is 0 Å². The van der Waals surface area contributed by atoms with Gasteiger partial charge in [-0.05, 0) is 37.3 Å². The molecule has 3 rings (SSSR count). The van der Waals surface area contributed by atoms with Gasteiger partial charge in [-0.2, -0.15) is 5.10 Å². The van der Waals surface area contributed by atoms with E-state index >= 15 is 0 Å². The van der Waals surface area contributed by atoms with Gasteiger partial charge in [0.2, 0.25) is 11.8 Å². The predicted octanol–water partition coefficient (Wildman–Crippen LogP) is 2.69. The van der Waals surface area contributed by atoms with E-state index in [0.29, 0.717) is 29.0 Å². The second kappa shape index (κ2) is 5.67. The first-order chi connectivity index (χ1) is 10.1. The summed E-state index contributed by atoms with van der Waals surface area (Å²) in [6.07, 6.45) is 1.16. The summed E-state index contributed by atoms with van der Waals surface area (Å²) < 4.78 is 7.23. The fourth-order valence-electron chi connectivity index (χ4n) is 1.85. The molecule has 108 valence electrons. The molecule has 0 aliphatic heterocycles. The number of aromatic nitrogens is 4. The predicted molar refractivity (Wildman–Crippen MR) is 76.7 cm³/mol. The Morgan fingerprint density at radius 3 is 2.67 bits per heavy atom. The van der Waals surface area contributed by atoms with Gasteiger partial charge in [-0.1, -0.05) is 11.6 Å². The monoisotopic (exact) mass is 304 g/mol. The van der Waals surface area contributed by atoms with Crippen LogP contribution in [0.2, 0.25) is 5.02 Å². The highest BCUT2D eigenvalue weighted by molar-refractivity contribution is 6.30. The summed E-state index contributed by atoms with van der Waals surface area (Å²) in [5.41, 5.74) is 1.41. The molecule has 6 nitrogen and oxygen atoms in total. The lowest BCUT2D eigenvalue weighted by atomic mass is 10.2. The molecular weight excluding hydrogens is 292 g/mol. The van der Waals surface area contributed by atoms with Gasteiger partial charge in [0, 0.05) is 16.8 Å². The number of hydrogen-bond donors (Lipinski definition) is 1. The standard InChI is InChI=1S/C14H13ClN4O2/c1-9(20)12-6-7-19(18-12)8-13-16-17-14(21-13)10-2-4-11(15)5-3-10/h2-7,9,20H,8H2,1H3. The first-order valence-corrected chi connectivity index (χ1v) is 6.79. The molecule has 0 spiro atoms. The van der Waals surface area contributed by atoms with Crippen molar-refractivity contribution in [3.8, 4) is 11.5 Å². The quantitative estimate of drug-likeness (QED) is 0.802. The van der Waals surface area contributed by atoms with Gasteiger partial charge < -0.3 is 9.52 Å². The summed E-state index contributed by atoms with van der Waals surface area (Å²) in [5, 5.41) is 22.3. The van der Waals surface area contributed by atoms with Gasteiger partial charge >= 0.3 is 0 Å². The van der Waals surface area contributed by atoms with E-state index in [-0.39, 0.29) is 0 Å². The third kappa shape index (κ3) is 3.12. The number of rotatable bonds is 4. The maximum Gasteiger partial charge on any atom is 0.247 e. The molecule has 0 aliphatic rings. The average Bonchev–Trinajstić information content (AvgIpc) is 3.10. The first kappa shape index (κ1) is 13.8. The van der Waals surface area contributed by atoms with Crippen LogP contribution in [0.3, 0.4) is 0 Å². The molecular formula is C14H13ClN4O2. The normalized spacial score (nSPS) is 12.5. The Bertz CT molecular complexity index is 734. The van der Waals surface area contributed by atoms with E-state index in [2.05, 4.69) is 15.3 Å². The summed E-state index contributed by atoms with van der Waals surface area (Å²) in [5.74, 6) is 0.879. The topological polar surface area (TPSA) is 77.0 Å². The molecule has 0 aliphatic carbocycles. The minimum Gasteiger partial charge on any atom is -0.419 e. The zero-order valence-corrected chi connectivity index (χ0v) is 12.0. The van der Waals surface area contributed by atoms with Crippen LogP contribution in [-0.4, -0.2) is 25.1 Å². The van der Waals surface area contributed by atoms with Gasteiger partial charge in [0.25, 0.3) is 0 Å². The van der Waals surface area contributed by atoms with E-state index < -0.39 is 6.10 Å². The Kier molecular flexibility index (Phi) is 3.72. The summed E-state index contributed by atoms with van der Waals surface area (Å²) >= 11 is 5.84. The Morgan fingerprint density at radius 1 is 1.24 bits per heavy atom. The van der Waals surface area contributed by atoms with Crippen molar-refractivity contribution in [2.75, 3.05) is 0 Å². The minimum atomic E-state index is -0.599. The summed E-state index contributed by atoms with van der Waals surface area (Å²) in [6.45, 7) is 2.02. The SMILES string of the molecule is CC(O)c1ccn(Cc2nnc(-c3ccc(Cl)cc3)o2)n1. The Hall–Kier alpha value is -2.18. The molecule has 1 aromatic carbocycles. The third-order valence-electron chi connectivity index (χ3n) is 2.94. The number of halogens is 1. The van der Waals surface area contributed by atoms with E-state index in [4.69, 9.17) is 16.0 Å². The summed E-state index contributed by atoms with van der Waals surface area (Å²) in [7, 11) is 0. The Morgan fingerprint density at radius 2 is 2.00 bits per heavy atom. The highest BCUT2D eigenvalue weighted by Gasteiger charge is 2.11. The van der Waals surface area contributed by atoms with E-state index in [1.807, 2.05) is 12.1 Å². The molecule has 0 bridgehead atoms. The van der Waals surface area contributed by atoms with Gasteiger partial charge in [0.15, 0.2) is 0 Å². The van der Waals surface area contributed by atoms with E-state index in [1.165, 1.54) is 0 Å².